The fraction of sp³-hybridized carbons (Fsp3) is 0.800. The first-order chi connectivity index (χ1) is 9.13. The van der Waals surface area contributed by atoms with Gasteiger partial charge >= 0.3 is 0 Å². The normalized spacial score (nSPS) is 18.3. The minimum absolute atomic E-state index is 0.754. The summed E-state index contributed by atoms with van der Waals surface area (Å²) in [6, 6.07) is 2.12. The molecule has 4 nitrogen and oxygen atoms in total. The number of nitrogens with one attached hydrogen (secondary N) is 1. The lowest BCUT2D eigenvalue weighted by Gasteiger charge is -2.31. The zero-order valence-corrected chi connectivity index (χ0v) is 12.6. The molecule has 1 aromatic heterocycles. The first-order valence-corrected chi connectivity index (χ1v) is 7.55. The summed E-state index contributed by atoms with van der Waals surface area (Å²) >= 11 is 0. The van der Waals surface area contributed by atoms with Gasteiger partial charge in [0.25, 0.3) is 0 Å². The highest BCUT2D eigenvalue weighted by molar-refractivity contribution is 4.98. The minimum atomic E-state index is 0.754. The molecule has 1 saturated heterocycles. The molecule has 0 spiro atoms. The molecule has 0 amide bonds. The number of likely N-dealkylation sites (tertiary alicyclic amines) is 1. The van der Waals surface area contributed by atoms with Crippen molar-refractivity contribution in [3.63, 3.8) is 0 Å². The molecular weight excluding hydrogens is 236 g/mol. The predicted molar refractivity (Wildman–Crippen MR) is 78.9 cm³/mol. The number of piperidine rings is 1. The van der Waals surface area contributed by atoms with Gasteiger partial charge in [-0.1, -0.05) is 13.8 Å². The summed E-state index contributed by atoms with van der Waals surface area (Å²) in [5, 5.41) is 8.04. The van der Waals surface area contributed by atoms with Crippen molar-refractivity contribution >= 4 is 0 Å². The first-order valence-electron chi connectivity index (χ1n) is 7.55. The Hall–Kier alpha value is -0.870. The highest BCUT2D eigenvalue weighted by Gasteiger charge is 2.19. The second-order valence-corrected chi connectivity index (χ2v) is 6.25. The lowest BCUT2D eigenvalue weighted by molar-refractivity contribution is 0.173. The maximum absolute atomic E-state index is 4.46. The fourth-order valence-corrected chi connectivity index (χ4v) is 2.70. The lowest BCUT2D eigenvalue weighted by Crippen LogP contribution is -2.37. The molecule has 1 aliphatic rings. The van der Waals surface area contributed by atoms with Gasteiger partial charge in [0, 0.05) is 19.8 Å². The fourth-order valence-electron chi connectivity index (χ4n) is 2.70. The molecular formula is C15H28N4. The maximum atomic E-state index is 4.46. The van der Waals surface area contributed by atoms with E-state index < -0.39 is 0 Å². The van der Waals surface area contributed by atoms with Gasteiger partial charge in [0.15, 0.2) is 0 Å². The van der Waals surface area contributed by atoms with Crippen LogP contribution in [0.3, 0.4) is 0 Å². The number of aryl methyl sites for hydroxylation is 1. The van der Waals surface area contributed by atoms with Gasteiger partial charge in [-0.3, -0.25) is 9.58 Å². The van der Waals surface area contributed by atoms with Crippen molar-refractivity contribution < 1.29 is 0 Å². The molecule has 4 heteroatoms. The lowest BCUT2D eigenvalue weighted by atomic mass is 9.96. The van der Waals surface area contributed by atoms with E-state index in [2.05, 4.69) is 35.2 Å². The van der Waals surface area contributed by atoms with Crippen LogP contribution in [0.25, 0.3) is 0 Å². The van der Waals surface area contributed by atoms with Gasteiger partial charge in [0.05, 0.1) is 5.69 Å². The molecule has 0 unspecified atom stereocenters. The third-order valence-electron chi connectivity index (χ3n) is 3.85. The van der Waals surface area contributed by atoms with Crippen LogP contribution in [0.1, 0.15) is 32.4 Å². The van der Waals surface area contributed by atoms with Crippen molar-refractivity contribution in [2.45, 2.75) is 33.2 Å². The van der Waals surface area contributed by atoms with Gasteiger partial charge in [-0.2, -0.15) is 5.10 Å². The van der Waals surface area contributed by atoms with Crippen LogP contribution in [0.4, 0.5) is 0 Å². The van der Waals surface area contributed by atoms with Crippen LogP contribution in [0.2, 0.25) is 0 Å². The zero-order chi connectivity index (χ0) is 13.7. The largest absolute Gasteiger partial charge is 0.316 e. The molecule has 1 fully saturated rings. The third-order valence-corrected chi connectivity index (χ3v) is 3.85. The van der Waals surface area contributed by atoms with E-state index in [1.165, 1.54) is 38.2 Å². The Bertz CT molecular complexity index is 364. The molecule has 2 rings (SSSR count). The summed E-state index contributed by atoms with van der Waals surface area (Å²) in [5.74, 6) is 1.61. The van der Waals surface area contributed by atoms with Crippen molar-refractivity contribution in [1.29, 1.82) is 0 Å². The molecule has 0 radical (unpaired) electrons. The maximum Gasteiger partial charge on any atom is 0.0764 e. The number of aromatic nitrogens is 2. The molecule has 1 aliphatic heterocycles. The quantitative estimate of drug-likeness (QED) is 0.851. The highest BCUT2D eigenvalue weighted by Crippen LogP contribution is 2.17. The molecule has 0 atom stereocenters. The zero-order valence-electron chi connectivity index (χ0n) is 12.6. The molecule has 2 heterocycles. The van der Waals surface area contributed by atoms with Crippen molar-refractivity contribution in [1.82, 2.24) is 20.0 Å². The van der Waals surface area contributed by atoms with Gasteiger partial charge in [0.2, 0.25) is 0 Å². The Kier molecular flexibility index (Phi) is 5.40. The Morgan fingerprint density at radius 3 is 2.68 bits per heavy atom. The monoisotopic (exact) mass is 264 g/mol. The molecule has 0 bridgehead atoms. The highest BCUT2D eigenvalue weighted by atomic mass is 15.3. The Balaban J connectivity index is 1.65. The molecule has 108 valence electrons. The molecule has 0 saturated carbocycles. The van der Waals surface area contributed by atoms with E-state index in [4.69, 9.17) is 0 Å². The second-order valence-electron chi connectivity index (χ2n) is 6.25. The summed E-state index contributed by atoms with van der Waals surface area (Å²) in [6.07, 6.45) is 4.66. The van der Waals surface area contributed by atoms with E-state index in [1.807, 2.05) is 17.9 Å². The third kappa shape index (κ3) is 4.96. The van der Waals surface area contributed by atoms with Crippen molar-refractivity contribution in [3.05, 3.63) is 18.0 Å². The summed E-state index contributed by atoms with van der Waals surface area (Å²) in [4.78, 5) is 2.53. The number of hydrogen-bond acceptors (Lipinski definition) is 3. The van der Waals surface area contributed by atoms with Crippen LogP contribution in [-0.4, -0.2) is 40.9 Å². The predicted octanol–water partition coefficient (Wildman–Crippen LogP) is 1.88. The molecule has 1 N–H and O–H groups in total. The van der Waals surface area contributed by atoms with Crippen LogP contribution < -0.4 is 5.32 Å². The average Bonchev–Trinajstić information content (AvgIpc) is 2.77. The van der Waals surface area contributed by atoms with E-state index in [9.17, 15) is 0 Å². The van der Waals surface area contributed by atoms with E-state index >= 15 is 0 Å². The van der Waals surface area contributed by atoms with Crippen LogP contribution in [0, 0.1) is 11.8 Å². The van der Waals surface area contributed by atoms with Crippen LogP contribution in [-0.2, 0) is 13.6 Å². The SMILES string of the molecule is CC(C)CNCC1CCN(Cc2ccn(C)n2)CC1. The summed E-state index contributed by atoms with van der Waals surface area (Å²) in [6.45, 7) is 10.3. The average molecular weight is 264 g/mol. The van der Waals surface area contributed by atoms with E-state index in [0.29, 0.717) is 0 Å². The van der Waals surface area contributed by atoms with Crippen molar-refractivity contribution in [2.75, 3.05) is 26.2 Å². The smallest absolute Gasteiger partial charge is 0.0764 e. The molecule has 0 aliphatic carbocycles. The summed E-state index contributed by atoms with van der Waals surface area (Å²) in [5.41, 5.74) is 1.19. The summed E-state index contributed by atoms with van der Waals surface area (Å²) < 4.78 is 1.89. The van der Waals surface area contributed by atoms with E-state index in [-0.39, 0.29) is 0 Å². The van der Waals surface area contributed by atoms with E-state index in [1.54, 1.807) is 0 Å². The summed E-state index contributed by atoms with van der Waals surface area (Å²) in [7, 11) is 1.98. The Morgan fingerprint density at radius 2 is 2.11 bits per heavy atom. The van der Waals surface area contributed by atoms with Crippen molar-refractivity contribution in [3.8, 4) is 0 Å². The number of rotatable bonds is 6. The topological polar surface area (TPSA) is 33.1 Å². The number of hydrogen-bond donors (Lipinski definition) is 1. The van der Waals surface area contributed by atoms with Gasteiger partial charge in [-0.25, -0.2) is 0 Å². The molecule has 0 aromatic carbocycles. The van der Waals surface area contributed by atoms with Crippen molar-refractivity contribution in [2.24, 2.45) is 18.9 Å². The molecule has 19 heavy (non-hydrogen) atoms. The van der Waals surface area contributed by atoms with E-state index in [0.717, 1.165) is 24.9 Å². The van der Waals surface area contributed by atoms with Gasteiger partial charge in [-0.05, 0) is 56.9 Å². The second kappa shape index (κ2) is 7.06. The first kappa shape index (κ1) is 14.5. The van der Waals surface area contributed by atoms with Gasteiger partial charge < -0.3 is 5.32 Å². The minimum Gasteiger partial charge on any atom is -0.316 e. The Morgan fingerprint density at radius 1 is 1.37 bits per heavy atom. The van der Waals surface area contributed by atoms with Crippen LogP contribution in [0.15, 0.2) is 12.3 Å². The van der Waals surface area contributed by atoms with Crippen LogP contribution in [0.5, 0.6) is 0 Å². The Labute approximate surface area is 117 Å². The molecule has 1 aromatic rings. The number of nitrogens with zero attached hydrogens (tertiary/aromatic N) is 3. The van der Waals surface area contributed by atoms with Gasteiger partial charge in [-0.15, -0.1) is 0 Å². The standard InChI is InChI=1S/C15H28N4/c1-13(2)10-16-11-14-4-8-19(9-5-14)12-15-6-7-18(3)17-15/h6-7,13-14,16H,4-5,8-12H2,1-3H3. The van der Waals surface area contributed by atoms with Gasteiger partial charge in [0.1, 0.15) is 0 Å². The van der Waals surface area contributed by atoms with Crippen LogP contribution >= 0.6 is 0 Å².